The summed E-state index contributed by atoms with van der Waals surface area (Å²) in [5, 5.41) is 13.1. The quantitative estimate of drug-likeness (QED) is 0.459. The van der Waals surface area contributed by atoms with E-state index in [9.17, 15) is 14.7 Å². The van der Waals surface area contributed by atoms with Gasteiger partial charge in [-0.15, -0.1) is 11.3 Å². The van der Waals surface area contributed by atoms with Gasteiger partial charge in [0.05, 0.1) is 18.2 Å². The van der Waals surface area contributed by atoms with Crippen LogP contribution in [-0.4, -0.2) is 42.0 Å². The Morgan fingerprint density at radius 2 is 1.97 bits per heavy atom. The fourth-order valence-electron chi connectivity index (χ4n) is 4.27. The first-order valence-electron chi connectivity index (χ1n) is 9.96. The number of aliphatic hydroxyl groups excluding tert-OH is 1. The molecule has 0 saturated carbocycles. The van der Waals surface area contributed by atoms with Crippen molar-refractivity contribution < 1.29 is 19.4 Å². The van der Waals surface area contributed by atoms with E-state index in [0.29, 0.717) is 18.7 Å². The van der Waals surface area contributed by atoms with Gasteiger partial charge in [-0.3, -0.25) is 9.59 Å². The van der Waals surface area contributed by atoms with Crippen molar-refractivity contribution in [2.75, 3.05) is 20.3 Å². The number of likely N-dealkylation sites (tertiary alicyclic amines) is 1. The van der Waals surface area contributed by atoms with Crippen molar-refractivity contribution in [3.05, 3.63) is 62.3 Å². The molecular formula is C23H25NO4S. The number of fused-ring (bicyclic) bond motifs is 1. The molecule has 1 N–H and O–H groups in total. The van der Waals surface area contributed by atoms with Crippen LogP contribution in [0, 0.1) is 6.92 Å². The number of carbonyl (C=O) groups is 2. The Labute approximate surface area is 174 Å². The van der Waals surface area contributed by atoms with E-state index in [-0.39, 0.29) is 11.3 Å². The van der Waals surface area contributed by atoms with E-state index >= 15 is 0 Å². The van der Waals surface area contributed by atoms with Crippen molar-refractivity contribution >= 4 is 28.8 Å². The molecule has 1 fully saturated rings. The third-order valence-electron chi connectivity index (χ3n) is 5.85. The SMILES string of the molecule is COCCN1C(=O)C(=O)/C(=C(\O)c2ccc3c(c2)CCCC3)C1c1sccc1C. The average Bonchev–Trinajstić information content (AvgIpc) is 3.26. The van der Waals surface area contributed by atoms with E-state index in [1.807, 2.05) is 36.6 Å². The molecule has 1 aromatic carbocycles. The molecule has 1 atom stereocenters. The number of hydrogen-bond acceptors (Lipinski definition) is 5. The second-order valence-corrected chi connectivity index (χ2v) is 8.59. The lowest BCUT2D eigenvalue weighted by Crippen LogP contribution is -2.32. The van der Waals surface area contributed by atoms with E-state index in [0.717, 1.165) is 29.7 Å². The van der Waals surface area contributed by atoms with Gasteiger partial charge in [0, 0.05) is 24.1 Å². The van der Waals surface area contributed by atoms with Crippen molar-refractivity contribution in [2.24, 2.45) is 0 Å². The molecule has 5 nitrogen and oxygen atoms in total. The topological polar surface area (TPSA) is 66.8 Å². The van der Waals surface area contributed by atoms with Gasteiger partial charge < -0.3 is 14.7 Å². The summed E-state index contributed by atoms with van der Waals surface area (Å²) < 4.78 is 5.15. The summed E-state index contributed by atoms with van der Waals surface area (Å²) in [5.74, 6) is -1.30. The molecular weight excluding hydrogens is 386 g/mol. The minimum absolute atomic E-state index is 0.0885. The molecule has 152 valence electrons. The van der Waals surface area contributed by atoms with Crippen molar-refractivity contribution in [2.45, 2.75) is 38.6 Å². The van der Waals surface area contributed by atoms with Gasteiger partial charge in [0.1, 0.15) is 5.76 Å². The number of hydrogen-bond donors (Lipinski definition) is 1. The van der Waals surface area contributed by atoms with Crippen LogP contribution in [0.2, 0.25) is 0 Å². The number of rotatable bonds is 5. The lowest BCUT2D eigenvalue weighted by Gasteiger charge is -2.24. The van der Waals surface area contributed by atoms with Crippen LogP contribution in [0.1, 0.15) is 46.0 Å². The minimum Gasteiger partial charge on any atom is -0.507 e. The minimum atomic E-state index is -0.630. The molecule has 0 spiro atoms. The molecule has 4 rings (SSSR count). The molecule has 1 amide bonds. The number of ether oxygens (including phenoxy) is 1. The molecule has 29 heavy (non-hydrogen) atoms. The van der Waals surface area contributed by atoms with Crippen LogP contribution < -0.4 is 0 Å². The zero-order valence-electron chi connectivity index (χ0n) is 16.7. The Balaban J connectivity index is 1.83. The van der Waals surface area contributed by atoms with Crippen LogP contribution in [0.5, 0.6) is 0 Å². The lowest BCUT2D eigenvalue weighted by molar-refractivity contribution is -0.140. The Morgan fingerprint density at radius 3 is 2.66 bits per heavy atom. The molecule has 2 heterocycles. The molecule has 1 aliphatic heterocycles. The van der Waals surface area contributed by atoms with E-state index < -0.39 is 17.7 Å². The Bertz CT molecular complexity index is 991. The summed E-state index contributed by atoms with van der Waals surface area (Å²) in [6.07, 6.45) is 4.34. The number of aliphatic hydroxyl groups is 1. The fraction of sp³-hybridized carbons (Fsp3) is 0.391. The van der Waals surface area contributed by atoms with Gasteiger partial charge >= 0.3 is 0 Å². The zero-order valence-corrected chi connectivity index (χ0v) is 17.6. The van der Waals surface area contributed by atoms with Crippen molar-refractivity contribution in [3.63, 3.8) is 0 Å². The second-order valence-electron chi connectivity index (χ2n) is 7.64. The first-order chi connectivity index (χ1) is 14.0. The largest absolute Gasteiger partial charge is 0.507 e. The maximum Gasteiger partial charge on any atom is 0.295 e. The monoisotopic (exact) mass is 411 g/mol. The maximum absolute atomic E-state index is 13.0. The number of thiophene rings is 1. The van der Waals surface area contributed by atoms with E-state index in [4.69, 9.17) is 4.74 Å². The summed E-state index contributed by atoms with van der Waals surface area (Å²) in [6, 6.07) is 7.26. The molecule has 1 aliphatic carbocycles. The number of aryl methyl sites for hydroxylation is 3. The predicted octanol–water partition coefficient (Wildman–Crippen LogP) is 4.00. The fourth-order valence-corrected chi connectivity index (χ4v) is 5.32. The van der Waals surface area contributed by atoms with E-state index in [1.54, 1.807) is 7.11 Å². The number of methoxy groups -OCH3 is 1. The van der Waals surface area contributed by atoms with Crippen LogP contribution in [-0.2, 0) is 27.2 Å². The smallest absolute Gasteiger partial charge is 0.295 e. The summed E-state index contributed by atoms with van der Waals surface area (Å²) >= 11 is 1.50. The lowest BCUT2D eigenvalue weighted by atomic mass is 9.89. The van der Waals surface area contributed by atoms with Gasteiger partial charge in [0.25, 0.3) is 11.7 Å². The first-order valence-corrected chi connectivity index (χ1v) is 10.8. The molecule has 1 aromatic heterocycles. The molecule has 6 heteroatoms. The summed E-state index contributed by atoms with van der Waals surface area (Å²) in [4.78, 5) is 28.2. The van der Waals surface area contributed by atoms with Gasteiger partial charge in [0.15, 0.2) is 0 Å². The maximum atomic E-state index is 13.0. The standard InChI is InChI=1S/C23H25NO4S/c1-14-9-12-29-22(14)19-18(21(26)23(27)24(19)10-11-28-2)20(25)17-8-7-15-5-3-4-6-16(15)13-17/h7-9,12-13,19,25H,3-6,10-11H2,1-2H3/b20-18-. The van der Waals surface area contributed by atoms with Crippen LogP contribution in [0.4, 0.5) is 0 Å². The van der Waals surface area contributed by atoms with E-state index in [1.165, 1.54) is 33.8 Å². The molecule has 1 saturated heterocycles. The number of ketones is 1. The van der Waals surface area contributed by atoms with Crippen LogP contribution in [0.3, 0.4) is 0 Å². The number of nitrogens with zero attached hydrogens (tertiary/aromatic N) is 1. The zero-order chi connectivity index (χ0) is 20.5. The van der Waals surface area contributed by atoms with E-state index in [2.05, 4.69) is 0 Å². The van der Waals surface area contributed by atoms with Gasteiger partial charge in [-0.2, -0.15) is 0 Å². The third kappa shape index (κ3) is 3.51. The molecule has 2 aliphatic rings. The Kier molecular flexibility index (Phi) is 5.56. The highest BCUT2D eigenvalue weighted by molar-refractivity contribution is 7.10. The second kappa shape index (κ2) is 8.13. The van der Waals surface area contributed by atoms with Crippen molar-refractivity contribution in [1.29, 1.82) is 0 Å². The van der Waals surface area contributed by atoms with Crippen LogP contribution >= 0.6 is 11.3 Å². The predicted molar refractivity (Wildman–Crippen MR) is 113 cm³/mol. The van der Waals surface area contributed by atoms with Crippen molar-refractivity contribution in [1.82, 2.24) is 4.90 Å². The Morgan fingerprint density at radius 1 is 1.21 bits per heavy atom. The Hall–Kier alpha value is -2.44. The summed E-state index contributed by atoms with van der Waals surface area (Å²) in [5.41, 5.74) is 4.31. The summed E-state index contributed by atoms with van der Waals surface area (Å²) in [7, 11) is 1.56. The number of benzene rings is 1. The summed E-state index contributed by atoms with van der Waals surface area (Å²) in [6.45, 7) is 2.58. The van der Waals surface area contributed by atoms with Crippen LogP contribution in [0.15, 0.2) is 35.2 Å². The molecule has 1 unspecified atom stereocenters. The van der Waals surface area contributed by atoms with Crippen LogP contribution in [0.25, 0.3) is 5.76 Å². The highest BCUT2D eigenvalue weighted by Crippen LogP contribution is 2.42. The highest BCUT2D eigenvalue weighted by atomic mass is 32.1. The number of Topliss-reactive ketones (excluding diaryl/α,β-unsaturated/α-hetero) is 1. The first kappa shape index (κ1) is 19.9. The van der Waals surface area contributed by atoms with Gasteiger partial charge in [-0.25, -0.2) is 0 Å². The molecule has 2 aromatic rings. The number of carbonyl (C=O) groups excluding carboxylic acids is 2. The normalized spacial score (nSPS) is 20.9. The molecule has 0 radical (unpaired) electrons. The van der Waals surface area contributed by atoms with Gasteiger partial charge in [0.2, 0.25) is 0 Å². The van der Waals surface area contributed by atoms with Crippen molar-refractivity contribution in [3.8, 4) is 0 Å². The highest BCUT2D eigenvalue weighted by Gasteiger charge is 2.46. The average molecular weight is 412 g/mol. The third-order valence-corrected chi connectivity index (χ3v) is 6.92. The van der Waals surface area contributed by atoms with Gasteiger partial charge in [-0.05, 0) is 66.8 Å². The van der Waals surface area contributed by atoms with Gasteiger partial charge in [-0.1, -0.05) is 12.1 Å². The number of amides is 1. The molecule has 0 bridgehead atoms.